The van der Waals surface area contributed by atoms with Crippen molar-refractivity contribution < 1.29 is 9.15 Å². The number of benzene rings is 1. The molecule has 1 aromatic carbocycles. The van der Waals surface area contributed by atoms with Crippen LogP contribution in [0.2, 0.25) is 0 Å². The number of likely N-dealkylation sites (N-methyl/N-ethyl adjacent to an activating group) is 1. The van der Waals surface area contributed by atoms with E-state index in [1.807, 2.05) is 44.4 Å². The Morgan fingerprint density at radius 1 is 1.19 bits per heavy atom. The maximum absolute atomic E-state index is 5.94. The number of rotatable bonds is 6. The van der Waals surface area contributed by atoms with Gasteiger partial charge in [-0.2, -0.15) is 5.10 Å². The third-order valence-electron chi connectivity index (χ3n) is 4.45. The van der Waals surface area contributed by atoms with Crippen LogP contribution in [-0.4, -0.2) is 28.8 Å². The first kappa shape index (κ1) is 16.4. The molecule has 0 saturated heterocycles. The second kappa shape index (κ2) is 7.01. The van der Waals surface area contributed by atoms with Crippen molar-refractivity contribution in [2.24, 2.45) is 0 Å². The van der Waals surface area contributed by atoms with Crippen LogP contribution in [-0.2, 0) is 0 Å². The van der Waals surface area contributed by atoms with E-state index in [9.17, 15) is 0 Å². The van der Waals surface area contributed by atoms with Crippen LogP contribution in [0.3, 0.4) is 0 Å². The molecule has 3 heterocycles. The van der Waals surface area contributed by atoms with Gasteiger partial charge < -0.3 is 14.5 Å². The number of H-pyrrole nitrogens is 1. The number of nitrogens with zero attached hydrogens (tertiary/aromatic N) is 2. The number of fused-ring (bicyclic) bond motifs is 1. The molecule has 26 heavy (non-hydrogen) atoms. The highest BCUT2D eigenvalue weighted by atomic mass is 16.5. The molecular formula is C20H20N4O2. The highest BCUT2D eigenvalue weighted by Gasteiger charge is 2.13. The highest BCUT2D eigenvalue weighted by molar-refractivity contribution is 5.86. The summed E-state index contributed by atoms with van der Waals surface area (Å²) >= 11 is 0. The number of aryl methyl sites for hydroxylation is 1. The van der Waals surface area contributed by atoms with E-state index in [1.165, 1.54) is 0 Å². The van der Waals surface area contributed by atoms with Crippen LogP contribution in [0.1, 0.15) is 17.5 Å². The van der Waals surface area contributed by atoms with E-state index >= 15 is 0 Å². The second-order valence-corrected chi connectivity index (χ2v) is 6.15. The topological polar surface area (TPSA) is 76.0 Å². The molecule has 132 valence electrons. The van der Waals surface area contributed by atoms with Gasteiger partial charge in [-0.05, 0) is 49.9 Å². The summed E-state index contributed by atoms with van der Waals surface area (Å²) in [6.07, 6.45) is 5.22. The molecule has 4 rings (SSSR count). The molecule has 3 aromatic heterocycles. The van der Waals surface area contributed by atoms with E-state index < -0.39 is 0 Å². The van der Waals surface area contributed by atoms with Gasteiger partial charge in [-0.25, -0.2) is 0 Å². The van der Waals surface area contributed by atoms with E-state index in [-0.39, 0.29) is 6.04 Å². The molecule has 0 radical (unpaired) electrons. The molecule has 0 fully saturated rings. The molecule has 6 nitrogen and oxygen atoms in total. The lowest BCUT2D eigenvalue weighted by molar-refractivity contribution is 0.253. The van der Waals surface area contributed by atoms with E-state index in [4.69, 9.17) is 9.15 Å². The predicted molar refractivity (Wildman–Crippen MR) is 100 cm³/mol. The maximum atomic E-state index is 5.94. The smallest absolute Gasteiger partial charge is 0.138 e. The lowest BCUT2D eigenvalue weighted by Gasteiger charge is -2.15. The van der Waals surface area contributed by atoms with Crippen molar-refractivity contribution in [2.45, 2.75) is 13.0 Å². The van der Waals surface area contributed by atoms with E-state index in [2.05, 4.69) is 32.6 Å². The summed E-state index contributed by atoms with van der Waals surface area (Å²) in [6, 6.07) is 12.0. The summed E-state index contributed by atoms with van der Waals surface area (Å²) in [5.74, 6) is 1.57. The molecule has 0 aliphatic heterocycles. The molecule has 0 spiro atoms. The summed E-state index contributed by atoms with van der Waals surface area (Å²) in [6.45, 7) is 2.45. The van der Waals surface area contributed by atoms with Crippen LogP contribution in [0, 0.1) is 6.92 Å². The zero-order valence-corrected chi connectivity index (χ0v) is 14.7. The van der Waals surface area contributed by atoms with Gasteiger partial charge in [0, 0.05) is 17.1 Å². The number of hydrogen-bond acceptors (Lipinski definition) is 5. The number of hydrogen-bond donors (Lipinski definition) is 2. The molecule has 0 bridgehead atoms. The van der Waals surface area contributed by atoms with Crippen LogP contribution in [0.4, 0.5) is 0 Å². The standard InChI is InChI=1S/C20H20N4O2/c1-13-17-9-14(5-6-18(17)24-23-13)15-8-16(11-22-10-15)26-12-19(21-2)20-4-3-7-25-20/h3-11,19,21H,12H2,1-2H3,(H,23,24)/t19-/m0/s1. The van der Waals surface area contributed by atoms with Crippen molar-refractivity contribution in [3.05, 3.63) is 66.5 Å². The Kier molecular flexibility index (Phi) is 4.41. The SMILES string of the molecule is CN[C@@H](COc1cncc(-c2ccc3[nH]nc(C)c3c2)c1)c1ccco1. The summed E-state index contributed by atoms with van der Waals surface area (Å²) in [5.41, 5.74) is 4.10. The van der Waals surface area contributed by atoms with Gasteiger partial charge in [-0.3, -0.25) is 10.1 Å². The fourth-order valence-electron chi connectivity index (χ4n) is 2.96. The Balaban J connectivity index is 1.55. The Hall–Kier alpha value is -3.12. The lowest BCUT2D eigenvalue weighted by atomic mass is 10.0. The van der Waals surface area contributed by atoms with Gasteiger partial charge in [0.1, 0.15) is 18.1 Å². The first-order chi connectivity index (χ1) is 12.7. The third kappa shape index (κ3) is 3.19. The lowest BCUT2D eigenvalue weighted by Crippen LogP contribution is -2.22. The monoisotopic (exact) mass is 348 g/mol. The normalized spacial score (nSPS) is 12.4. The Morgan fingerprint density at radius 2 is 2.12 bits per heavy atom. The highest BCUT2D eigenvalue weighted by Crippen LogP contribution is 2.27. The quantitative estimate of drug-likeness (QED) is 0.553. The van der Waals surface area contributed by atoms with Gasteiger partial charge in [-0.1, -0.05) is 6.07 Å². The number of aromatic amines is 1. The minimum atomic E-state index is -0.0152. The van der Waals surface area contributed by atoms with Gasteiger partial charge in [0.15, 0.2) is 0 Å². The number of furan rings is 1. The Morgan fingerprint density at radius 3 is 2.92 bits per heavy atom. The van der Waals surface area contributed by atoms with Crippen molar-refractivity contribution in [1.82, 2.24) is 20.5 Å². The molecule has 1 atom stereocenters. The van der Waals surface area contributed by atoms with Gasteiger partial charge >= 0.3 is 0 Å². The van der Waals surface area contributed by atoms with Crippen molar-refractivity contribution in [2.75, 3.05) is 13.7 Å². The first-order valence-electron chi connectivity index (χ1n) is 8.48. The molecule has 2 N–H and O–H groups in total. The largest absolute Gasteiger partial charge is 0.490 e. The van der Waals surface area contributed by atoms with Gasteiger partial charge in [0.05, 0.1) is 29.7 Å². The second-order valence-electron chi connectivity index (χ2n) is 6.15. The molecule has 0 amide bonds. The fraction of sp³-hybridized carbons (Fsp3) is 0.200. The summed E-state index contributed by atoms with van der Waals surface area (Å²) in [4.78, 5) is 4.33. The molecule has 0 aliphatic rings. The average Bonchev–Trinajstić information content (AvgIpc) is 3.33. The summed E-state index contributed by atoms with van der Waals surface area (Å²) in [7, 11) is 1.88. The first-order valence-corrected chi connectivity index (χ1v) is 8.48. The Labute approximate surface area is 151 Å². The van der Waals surface area contributed by atoms with E-state index in [0.29, 0.717) is 6.61 Å². The minimum Gasteiger partial charge on any atom is -0.490 e. The number of aromatic nitrogens is 3. The molecular weight excluding hydrogens is 328 g/mol. The zero-order chi connectivity index (χ0) is 17.9. The van der Waals surface area contributed by atoms with Crippen molar-refractivity contribution in [3.8, 4) is 16.9 Å². The van der Waals surface area contributed by atoms with Crippen molar-refractivity contribution in [3.63, 3.8) is 0 Å². The number of nitrogens with one attached hydrogen (secondary N) is 2. The maximum Gasteiger partial charge on any atom is 0.138 e. The van der Waals surface area contributed by atoms with Crippen LogP contribution < -0.4 is 10.1 Å². The third-order valence-corrected chi connectivity index (χ3v) is 4.45. The summed E-state index contributed by atoms with van der Waals surface area (Å²) < 4.78 is 11.4. The number of ether oxygens (including phenoxy) is 1. The van der Waals surface area contributed by atoms with E-state index in [0.717, 1.165) is 39.2 Å². The predicted octanol–water partition coefficient (Wildman–Crippen LogP) is 3.87. The van der Waals surface area contributed by atoms with Gasteiger partial charge in [0.25, 0.3) is 0 Å². The van der Waals surface area contributed by atoms with Crippen molar-refractivity contribution >= 4 is 10.9 Å². The molecule has 6 heteroatoms. The average molecular weight is 348 g/mol. The molecule has 0 saturated carbocycles. The number of pyridine rings is 1. The minimum absolute atomic E-state index is 0.0152. The van der Waals surface area contributed by atoms with Crippen LogP contribution in [0.5, 0.6) is 5.75 Å². The van der Waals surface area contributed by atoms with Gasteiger partial charge in [0.2, 0.25) is 0 Å². The fourth-order valence-corrected chi connectivity index (χ4v) is 2.96. The zero-order valence-electron chi connectivity index (χ0n) is 14.7. The molecule has 0 unspecified atom stereocenters. The van der Waals surface area contributed by atoms with E-state index in [1.54, 1.807) is 12.5 Å². The van der Waals surface area contributed by atoms with Crippen molar-refractivity contribution in [1.29, 1.82) is 0 Å². The van der Waals surface area contributed by atoms with Crippen LogP contribution in [0.15, 0.2) is 59.5 Å². The Bertz CT molecular complexity index is 1010. The molecule has 4 aromatic rings. The van der Waals surface area contributed by atoms with Crippen LogP contribution in [0.25, 0.3) is 22.0 Å². The molecule has 0 aliphatic carbocycles. The van der Waals surface area contributed by atoms with Gasteiger partial charge in [-0.15, -0.1) is 0 Å². The van der Waals surface area contributed by atoms with Crippen LogP contribution >= 0.6 is 0 Å². The summed E-state index contributed by atoms with van der Waals surface area (Å²) in [5, 5.41) is 11.6.